The van der Waals surface area contributed by atoms with Crippen LogP contribution in [0, 0.1) is 0 Å². The van der Waals surface area contributed by atoms with Gasteiger partial charge in [-0.3, -0.25) is 4.79 Å². The zero-order valence-electron chi connectivity index (χ0n) is 21.4. The average Bonchev–Trinajstić information content (AvgIpc) is 3.59. The summed E-state index contributed by atoms with van der Waals surface area (Å²) in [6.45, 7) is 0.108. The molecular formula is C30H38N4O3. The first-order chi connectivity index (χ1) is 17.8. The summed E-state index contributed by atoms with van der Waals surface area (Å²) in [4.78, 5) is 11.4. The topological polar surface area (TPSA) is 148 Å². The number of aryl methyl sites for hydroxylation is 2. The van der Waals surface area contributed by atoms with Crippen molar-refractivity contribution in [2.75, 3.05) is 7.05 Å². The van der Waals surface area contributed by atoms with Gasteiger partial charge in [0, 0.05) is 30.7 Å². The van der Waals surface area contributed by atoms with Crippen LogP contribution < -0.4 is 22.5 Å². The maximum Gasteiger partial charge on any atom is 0.251 e. The van der Waals surface area contributed by atoms with Crippen LogP contribution in [0.4, 0.5) is 0 Å². The van der Waals surface area contributed by atoms with Gasteiger partial charge in [0.25, 0.3) is 5.91 Å². The van der Waals surface area contributed by atoms with Crippen molar-refractivity contribution in [3.8, 4) is 0 Å². The maximum atomic E-state index is 11.4. The number of nitrogens with one attached hydrogen (secondary N) is 1. The lowest BCUT2D eigenvalue weighted by Crippen LogP contribution is -2.18. The van der Waals surface area contributed by atoms with Crippen LogP contribution in [-0.2, 0) is 19.4 Å². The van der Waals surface area contributed by atoms with Gasteiger partial charge in [-0.05, 0) is 83.2 Å². The third-order valence-electron chi connectivity index (χ3n) is 7.54. The van der Waals surface area contributed by atoms with Gasteiger partial charge in [-0.25, -0.2) is 0 Å². The van der Waals surface area contributed by atoms with Crippen LogP contribution in [0.1, 0.15) is 92.8 Å². The normalized spacial score (nSPS) is 22.5. The van der Waals surface area contributed by atoms with Gasteiger partial charge in [-0.15, -0.1) is 0 Å². The molecule has 0 radical (unpaired) electrons. The lowest BCUT2D eigenvalue weighted by molar-refractivity contribution is 0.0963. The number of nitrogens with two attached hydrogens (primary N) is 3. The maximum absolute atomic E-state index is 11.4. The van der Waals surface area contributed by atoms with Gasteiger partial charge < -0.3 is 32.7 Å². The number of carbonyl (C=O) groups excluding carboxylic acids is 1. The van der Waals surface area contributed by atoms with Crippen LogP contribution in [0.25, 0.3) is 0 Å². The van der Waals surface area contributed by atoms with Gasteiger partial charge in [0.05, 0.1) is 12.7 Å². The first kappa shape index (κ1) is 27.0. The molecular weight excluding hydrogens is 464 g/mol. The minimum absolute atomic E-state index is 0.0289. The highest BCUT2D eigenvalue weighted by Crippen LogP contribution is 2.36. The molecule has 4 unspecified atom stereocenters. The van der Waals surface area contributed by atoms with Gasteiger partial charge in [0.15, 0.2) is 0 Å². The van der Waals surface area contributed by atoms with E-state index >= 15 is 0 Å². The predicted molar refractivity (Wildman–Crippen MR) is 146 cm³/mol. The van der Waals surface area contributed by atoms with E-state index in [9.17, 15) is 9.90 Å². The average molecular weight is 503 g/mol. The second-order valence-electron chi connectivity index (χ2n) is 9.92. The number of carbonyl (C=O) groups is 1. The van der Waals surface area contributed by atoms with Crippen molar-refractivity contribution in [2.45, 2.75) is 62.9 Å². The monoisotopic (exact) mass is 502 g/mol. The van der Waals surface area contributed by atoms with Gasteiger partial charge in [-0.2, -0.15) is 0 Å². The van der Waals surface area contributed by atoms with E-state index in [2.05, 4.69) is 11.4 Å². The summed E-state index contributed by atoms with van der Waals surface area (Å²) < 4.78 is 0. The van der Waals surface area contributed by atoms with Crippen molar-refractivity contribution >= 4 is 5.91 Å². The molecule has 0 aliphatic heterocycles. The second-order valence-corrected chi connectivity index (χ2v) is 9.92. The summed E-state index contributed by atoms with van der Waals surface area (Å²) >= 11 is 0. The first-order valence-corrected chi connectivity index (χ1v) is 12.9. The van der Waals surface area contributed by atoms with Crippen LogP contribution in [0.15, 0.2) is 60.7 Å². The van der Waals surface area contributed by atoms with Crippen LogP contribution in [-0.4, -0.2) is 23.2 Å². The molecule has 3 aliphatic carbocycles. The number of amides is 1. The minimum atomic E-state index is -0.346. The summed E-state index contributed by atoms with van der Waals surface area (Å²) in [6, 6.07) is 19.9. The molecule has 6 rings (SSSR count). The third kappa shape index (κ3) is 5.92. The van der Waals surface area contributed by atoms with E-state index in [0.717, 1.165) is 47.9 Å². The zero-order valence-corrected chi connectivity index (χ0v) is 21.4. The van der Waals surface area contributed by atoms with Crippen molar-refractivity contribution in [3.63, 3.8) is 0 Å². The number of aliphatic hydroxyl groups excluding tert-OH is 2. The summed E-state index contributed by atoms with van der Waals surface area (Å²) in [7, 11) is 1.64. The van der Waals surface area contributed by atoms with Gasteiger partial charge in [0.1, 0.15) is 0 Å². The van der Waals surface area contributed by atoms with Crippen molar-refractivity contribution < 1.29 is 15.0 Å². The number of hydrogen-bond donors (Lipinski definition) is 6. The Kier molecular flexibility index (Phi) is 8.74. The van der Waals surface area contributed by atoms with Crippen LogP contribution in [0.2, 0.25) is 0 Å². The largest absolute Gasteiger partial charge is 0.392 e. The molecule has 0 saturated heterocycles. The van der Waals surface area contributed by atoms with E-state index in [-0.39, 0.29) is 36.7 Å². The smallest absolute Gasteiger partial charge is 0.251 e. The highest BCUT2D eigenvalue weighted by Gasteiger charge is 2.26. The molecule has 7 heteroatoms. The molecule has 7 nitrogen and oxygen atoms in total. The quantitative estimate of drug-likeness (QED) is 0.317. The van der Waals surface area contributed by atoms with E-state index in [1.165, 1.54) is 22.3 Å². The predicted octanol–water partition coefficient (Wildman–Crippen LogP) is 3.24. The Morgan fingerprint density at radius 3 is 2.27 bits per heavy atom. The summed E-state index contributed by atoms with van der Waals surface area (Å²) in [6.07, 6.45) is 4.38. The van der Waals surface area contributed by atoms with Gasteiger partial charge >= 0.3 is 0 Å². The molecule has 3 aliphatic rings. The Morgan fingerprint density at radius 2 is 1.57 bits per heavy atom. The molecule has 1 amide bonds. The lowest BCUT2D eigenvalue weighted by atomic mass is 10.0. The molecule has 4 atom stereocenters. The fourth-order valence-corrected chi connectivity index (χ4v) is 5.54. The molecule has 3 aromatic carbocycles. The zero-order chi connectivity index (χ0) is 26.5. The van der Waals surface area contributed by atoms with Crippen molar-refractivity contribution in [2.24, 2.45) is 17.2 Å². The number of fused-ring (bicyclic) bond motifs is 3. The molecule has 0 fully saturated rings. The Labute approximate surface area is 218 Å². The Balaban J connectivity index is 0.000000131. The van der Waals surface area contributed by atoms with E-state index in [1.807, 2.05) is 54.6 Å². The number of aliphatic hydroxyl groups is 2. The number of benzene rings is 3. The molecule has 3 aromatic rings. The highest BCUT2D eigenvalue weighted by atomic mass is 16.3. The first-order valence-electron chi connectivity index (χ1n) is 12.9. The lowest BCUT2D eigenvalue weighted by Gasteiger charge is -2.09. The van der Waals surface area contributed by atoms with Crippen LogP contribution in [0.5, 0.6) is 0 Å². The minimum Gasteiger partial charge on any atom is -0.392 e. The fourth-order valence-electron chi connectivity index (χ4n) is 5.54. The van der Waals surface area contributed by atoms with Crippen LogP contribution in [0.3, 0.4) is 0 Å². The fraction of sp³-hybridized carbons (Fsp3) is 0.367. The van der Waals surface area contributed by atoms with Gasteiger partial charge in [0.2, 0.25) is 0 Å². The molecule has 0 spiro atoms. The molecule has 0 saturated carbocycles. The summed E-state index contributed by atoms with van der Waals surface area (Å²) in [5.41, 5.74) is 26.3. The number of rotatable bonds is 2. The van der Waals surface area contributed by atoms with Crippen molar-refractivity contribution in [3.05, 3.63) is 105 Å². The van der Waals surface area contributed by atoms with E-state index in [4.69, 9.17) is 22.3 Å². The van der Waals surface area contributed by atoms with Crippen LogP contribution >= 0.6 is 0 Å². The second kappa shape index (κ2) is 12.0. The van der Waals surface area contributed by atoms with Gasteiger partial charge in [-0.1, -0.05) is 48.5 Å². The Hall–Kier alpha value is -3.07. The molecule has 37 heavy (non-hydrogen) atoms. The van der Waals surface area contributed by atoms with E-state index < -0.39 is 0 Å². The summed E-state index contributed by atoms with van der Waals surface area (Å²) in [5, 5.41) is 21.1. The SMILES string of the molecule is CNC(=O)c1ccc2c(c1)CCC2N.NC1CC(O)c2ccccc21.NC1CCc2cccc(CO)c21. The number of hydrogen-bond acceptors (Lipinski definition) is 6. The van der Waals surface area contributed by atoms with Crippen molar-refractivity contribution in [1.82, 2.24) is 5.32 Å². The summed E-state index contributed by atoms with van der Waals surface area (Å²) in [5.74, 6) is -0.0340. The molecule has 0 heterocycles. The molecule has 0 bridgehead atoms. The molecule has 9 N–H and O–H groups in total. The van der Waals surface area contributed by atoms with Crippen molar-refractivity contribution in [1.29, 1.82) is 0 Å². The highest BCUT2D eigenvalue weighted by molar-refractivity contribution is 5.94. The molecule has 0 aromatic heterocycles. The van der Waals surface area contributed by atoms with E-state index in [0.29, 0.717) is 6.42 Å². The standard InChI is InChI=1S/C11H14N2O.C10H13NO.C9H11NO/c1-13-11(14)8-2-4-9-7(6-8)3-5-10(9)12;11-9-5-4-7-2-1-3-8(6-12)10(7)9;10-8-5-9(11)7-4-2-1-3-6(7)8/h2,4,6,10H,3,5,12H2,1H3,(H,13,14);1-3,9,12H,4-6,11H2;1-4,8-9,11H,5,10H2. The molecule has 196 valence electrons. The Bertz CT molecular complexity index is 1220. The van der Waals surface area contributed by atoms with E-state index in [1.54, 1.807) is 7.05 Å². The third-order valence-corrected chi connectivity index (χ3v) is 7.54. The Morgan fingerprint density at radius 1 is 0.865 bits per heavy atom.